The van der Waals surface area contributed by atoms with Gasteiger partial charge < -0.3 is 9.88 Å². The number of amides is 1. The maximum atomic E-state index is 12.0. The average molecular weight is 321 g/mol. The lowest BCUT2D eigenvalue weighted by Gasteiger charge is -2.08. The van der Waals surface area contributed by atoms with Crippen molar-refractivity contribution in [3.05, 3.63) is 66.3 Å². The van der Waals surface area contributed by atoms with Crippen LogP contribution in [0.5, 0.6) is 0 Å². The van der Waals surface area contributed by atoms with Crippen LogP contribution in [0.15, 0.2) is 49.2 Å². The fourth-order valence-electron chi connectivity index (χ4n) is 2.40. The van der Waals surface area contributed by atoms with Gasteiger partial charge in [0.25, 0.3) is 0 Å². The van der Waals surface area contributed by atoms with Gasteiger partial charge in [-0.2, -0.15) is 0 Å². The minimum atomic E-state index is -0.0315. The first kappa shape index (κ1) is 15.9. The fraction of sp³-hybridized carbons (Fsp3) is 0.222. The molecule has 0 bridgehead atoms. The van der Waals surface area contributed by atoms with Crippen LogP contribution in [0.25, 0.3) is 5.69 Å². The zero-order valence-corrected chi connectivity index (χ0v) is 13.7. The molecule has 0 atom stereocenters. The van der Waals surface area contributed by atoms with Crippen molar-refractivity contribution in [2.24, 2.45) is 0 Å². The van der Waals surface area contributed by atoms with Crippen LogP contribution < -0.4 is 5.32 Å². The van der Waals surface area contributed by atoms with E-state index in [4.69, 9.17) is 0 Å². The molecular formula is C18H19N5O. The molecule has 0 saturated heterocycles. The highest BCUT2D eigenvalue weighted by molar-refractivity contribution is 5.90. The zero-order valence-electron chi connectivity index (χ0n) is 13.7. The maximum Gasteiger partial charge on any atom is 0.224 e. The van der Waals surface area contributed by atoms with Gasteiger partial charge in [0.05, 0.1) is 12.0 Å². The van der Waals surface area contributed by atoms with E-state index in [9.17, 15) is 4.79 Å². The van der Waals surface area contributed by atoms with E-state index in [-0.39, 0.29) is 5.91 Å². The minimum absolute atomic E-state index is 0.0315. The van der Waals surface area contributed by atoms with Crippen LogP contribution in [-0.2, 0) is 11.2 Å². The van der Waals surface area contributed by atoms with Crippen molar-refractivity contribution >= 4 is 11.6 Å². The molecule has 1 amide bonds. The van der Waals surface area contributed by atoms with Crippen molar-refractivity contribution < 1.29 is 4.79 Å². The second-order valence-electron chi connectivity index (χ2n) is 5.58. The Labute approximate surface area is 140 Å². The molecule has 1 N–H and O–H groups in total. The first-order valence-electron chi connectivity index (χ1n) is 7.79. The topological polar surface area (TPSA) is 72.7 Å². The smallest absolute Gasteiger partial charge is 0.224 e. The summed E-state index contributed by atoms with van der Waals surface area (Å²) in [5, 5.41) is 2.90. The summed E-state index contributed by atoms with van der Waals surface area (Å²) in [6, 6.07) is 9.54. The number of anilines is 1. The SMILES string of the molecule is Cc1ncn(-c2ccc(NC(=O)CCc3ccncn3)cc2)c1C. The van der Waals surface area contributed by atoms with Gasteiger partial charge in [0.15, 0.2) is 0 Å². The van der Waals surface area contributed by atoms with Crippen molar-refractivity contribution in [1.82, 2.24) is 19.5 Å². The predicted octanol–water partition coefficient (Wildman–Crippen LogP) is 2.85. The Morgan fingerprint density at radius 3 is 2.54 bits per heavy atom. The van der Waals surface area contributed by atoms with Gasteiger partial charge in [-0.25, -0.2) is 15.0 Å². The fourth-order valence-corrected chi connectivity index (χ4v) is 2.40. The van der Waals surface area contributed by atoms with Gasteiger partial charge in [0, 0.05) is 35.4 Å². The summed E-state index contributed by atoms with van der Waals surface area (Å²) in [5.41, 5.74) is 4.78. The van der Waals surface area contributed by atoms with Crippen LogP contribution in [0.4, 0.5) is 5.69 Å². The van der Waals surface area contributed by atoms with Crippen LogP contribution in [-0.4, -0.2) is 25.4 Å². The van der Waals surface area contributed by atoms with E-state index in [2.05, 4.69) is 20.3 Å². The second kappa shape index (κ2) is 7.04. The molecule has 2 aromatic heterocycles. The van der Waals surface area contributed by atoms with Gasteiger partial charge in [-0.15, -0.1) is 0 Å². The molecule has 24 heavy (non-hydrogen) atoms. The summed E-state index contributed by atoms with van der Waals surface area (Å²) in [5.74, 6) is -0.0315. The molecule has 0 spiro atoms. The Hall–Kier alpha value is -3.02. The molecule has 0 aliphatic carbocycles. The van der Waals surface area contributed by atoms with Crippen LogP contribution in [0.1, 0.15) is 23.5 Å². The summed E-state index contributed by atoms with van der Waals surface area (Å²) >= 11 is 0. The number of nitrogens with one attached hydrogen (secondary N) is 1. The summed E-state index contributed by atoms with van der Waals surface area (Å²) in [4.78, 5) is 24.3. The molecule has 3 aromatic rings. The summed E-state index contributed by atoms with van der Waals surface area (Å²) < 4.78 is 2.02. The predicted molar refractivity (Wildman–Crippen MR) is 92.0 cm³/mol. The molecule has 0 fully saturated rings. The maximum absolute atomic E-state index is 12.0. The molecule has 122 valence electrons. The van der Waals surface area contributed by atoms with Crippen LogP contribution in [0.2, 0.25) is 0 Å². The third-order valence-electron chi connectivity index (χ3n) is 3.93. The number of benzene rings is 1. The van der Waals surface area contributed by atoms with Crippen molar-refractivity contribution in [3.8, 4) is 5.69 Å². The highest BCUT2D eigenvalue weighted by Gasteiger charge is 2.06. The van der Waals surface area contributed by atoms with Crippen LogP contribution in [0.3, 0.4) is 0 Å². The molecule has 0 saturated carbocycles. The molecular weight excluding hydrogens is 302 g/mol. The third kappa shape index (κ3) is 3.65. The van der Waals surface area contributed by atoms with E-state index in [1.165, 1.54) is 6.33 Å². The Morgan fingerprint density at radius 2 is 1.92 bits per heavy atom. The highest BCUT2D eigenvalue weighted by atomic mass is 16.1. The monoisotopic (exact) mass is 321 g/mol. The second-order valence-corrected chi connectivity index (χ2v) is 5.58. The number of hydrogen-bond donors (Lipinski definition) is 1. The molecule has 6 heteroatoms. The van der Waals surface area contributed by atoms with Crippen molar-refractivity contribution in [2.45, 2.75) is 26.7 Å². The number of carbonyl (C=O) groups excluding carboxylic acids is 1. The Balaban J connectivity index is 1.60. The van der Waals surface area contributed by atoms with Gasteiger partial charge in [-0.3, -0.25) is 4.79 Å². The number of aromatic nitrogens is 4. The van der Waals surface area contributed by atoms with Gasteiger partial charge in [-0.1, -0.05) is 0 Å². The number of imidazole rings is 1. The molecule has 3 rings (SSSR count). The lowest BCUT2D eigenvalue weighted by Crippen LogP contribution is -2.12. The number of rotatable bonds is 5. The van der Waals surface area contributed by atoms with E-state index >= 15 is 0 Å². The average Bonchev–Trinajstić information content (AvgIpc) is 2.94. The first-order chi connectivity index (χ1) is 11.6. The van der Waals surface area contributed by atoms with Gasteiger partial charge in [0.1, 0.15) is 6.33 Å². The zero-order chi connectivity index (χ0) is 16.9. The normalized spacial score (nSPS) is 10.6. The standard InChI is InChI=1S/C18H19N5O/c1-13-14(2)23(12-21-13)17-6-3-16(4-7-17)22-18(24)8-5-15-9-10-19-11-20-15/h3-4,6-7,9-12H,5,8H2,1-2H3,(H,22,24). The molecule has 0 radical (unpaired) electrons. The Bertz CT molecular complexity index is 824. The first-order valence-corrected chi connectivity index (χ1v) is 7.79. The van der Waals surface area contributed by atoms with E-state index in [0.717, 1.165) is 28.5 Å². The van der Waals surface area contributed by atoms with E-state index < -0.39 is 0 Å². The minimum Gasteiger partial charge on any atom is -0.326 e. The number of carbonyl (C=O) groups is 1. The van der Waals surface area contributed by atoms with Gasteiger partial charge >= 0.3 is 0 Å². The molecule has 1 aromatic carbocycles. The summed E-state index contributed by atoms with van der Waals surface area (Å²) in [6.45, 7) is 4.02. The highest BCUT2D eigenvalue weighted by Crippen LogP contribution is 2.17. The van der Waals surface area contributed by atoms with E-state index in [1.807, 2.05) is 48.7 Å². The van der Waals surface area contributed by atoms with Crippen LogP contribution in [0, 0.1) is 13.8 Å². The summed E-state index contributed by atoms with van der Waals surface area (Å²) in [7, 11) is 0. The third-order valence-corrected chi connectivity index (χ3v) is 3.93. The molecule has 2 heterocycles. The van der Waals surface area contributed by atoms with Crippen LogP contribution >= 0.6 is 0 Å². The van der Waals surface area contributed by atoms with E-state index in [0.29, 0.717) is 12.8 Å². The number of nitrogens with zero attached hydrogens (tertiary/aromatic N) is 4. The molecule has 0 unspecified atom stereocenters. The molecule has 0 aliphatic heterocycles. The number of aryl methyl sites for hydroxylation is 2. The quantitative estimate of drug-likeness (QED) is 0.784. The van der Waals surface area contributed by atoms with Gasteiger partial charge in [0.2, 0.25) is 5.91 Å². The summed E-state index contributed by atoms with van der Waals surface area (Å²) in [6.07, 6.45) is 5.96. The molecule has 6 nitrogen and oxygen atoms in total. The lowest BCUT2D eigenvalue weighted by molar-refractivity contribution is -0.116. The lowest BCUT2D eigenvalue weighted by atomic mass is 10.2. The Kier molecular flexibility index (Phi) is 4.65. The largest absolute Gasteiger partial charge is 0.326 e. The number of hydrogen-bond acceptors (Lipinski definition) is 4. The van der Waals surface area contributed by atoms with E-state index in [1.54, 1.807) is 12.5 Å². The van der Waals surface area contributed by atoms with Crippen molar-refractivity contribution in [1.29, 1.82) is 0 Å². The Morgan fingerprint density at radius 1 is 1.12 bits per heavy atom. The van der Waals surface area contributed by atoms with Crippen molar-refractivity contribution in [3.63, 3.8) is 0 Å². The van der Waals surface area contributed by atoms with Gasteiger partial charge in [-0.05, 0) is 50.6 Å². The van der Waals surface area contributed by atoms with Crippen molar-refractivity contribution in [2.75, 3.05) is 5.32 Å². The molecule has 0 aliphatic rings.